The molecule has 4 aromatic rings. The van der Waals surface area contributed by atoms with Crippen molar-refractivity contribution in [2.45, 2.75) is 37.6 Å². The molecule has 2 heterocycles. The molecule has 0 amide bonds. The van der Waals surface area contributed by atoms with E-state index in [1.807, 2.05) is 31.6 Å². The average molecular weight is 557 g/mol. The molecule has 12 heteroatoms. The van der Waals surface area contributed by atoms with Gasteiger partial charge in [-0.25, -0.2) is 31.9 Å². The van der Waals surface area contributed by atoms with Gasteiger partial charge in [-0.15, -0.1) is 0 Å². The Bertz CT molecular complexity index is 1550. The van der Waals surface area contributed by atoms with Crippen molar-refractivity contribution in [1.29, 1.82) is 0 Å². The van der Waals surface area contributed by atoms with Crippen LogP contribution in [0.25, 0.3) is 22.5 Å². The van der Waals surface area contributed by atoms with Gasteiger partial charge in [-0.3, -0.25) is 4.68 Å². The number of aromatic nitrogens is 4. The zero-order valence-corrected chi connectivity index (χ0v) is 22.9. The first kappa shape index (κ1) is 28.1. The maximum Gasteiger partial charge on any atom is 0.240 e. The van der Waals surface area contributed by atoms with Crippen LogP contribution in [0.1, 0.15) is 27.2 Å². The van der Waals surface area contributed by atoms with Gasteiger partial charge >= 0.3 is 0 Å². The van der Waals surface area contributed by atoms with Crippen LogP contribution in [0.2, 0.25) is 0 Å². The van der Waals surface area contributed by atoms with Crippen LogP contribution in [0.5, 0.6) is 5.75 Å². The van der Waals surface area contributed by atoms with E-state index >= 15 is 0 Å². The van der Waals surface area contributed by atoms with E-state index < -0.39 is 21.7 Å². The molecule has 0 saturated heterocycles. The lowest BCUT2D eigenvalue weighted by Crippen LogP contribution is -2.26. The molecule has 0 saturated carbocycles. The molecule has 39 heavy (non-hydrogen) atoms. The number of methoxy groups -OCH3 is 1. The fourth-order valence-electron chi connectivity index (χ4n) is 3.71. The van der Waals surface area contributed by atoms with Crippen LogP contribution in [0.15, 0.2) is 65.8 Å². The van der Waals surface area contributed by atoms with E-state index in [1.54, 1.807) is 24.4 Å². The topological polar surface area (TPSA) is 111 Å². The summed E-state index contributed by atoms with van der Waals surface area (Å²) in [5, 5.41) is 7.88. The average Bonchev–Trinajstić information content (AvgIpc) is 3.36. The number of rotatable bonds is 10. The minimum Gasteiger partial charge on any atom is -0.494 e. The molecule has 4 rings (SSSR count). The van der Waals surface area contributed by atoms with Crippen molar-refractivity contribution in [3.8, 4) is 28.3 Å². The van der Waals surface area contributed by atoms with Crippen LogP contribution >= 0.6 is 0 Å². The summed E-state index contributed by atoms with van der Waals surface area (Å²) in [6.45, 7) is 6.64. The van der Waals surface area contributed by atoms with Gasteiger partial charge in [-0.05, 0) is 75.7 Å². The predicted molar refractivity (Wildman–Crippen MR) is 145 cm³/mol. The van der Waals surface area contributed by atoms with Crippen LogP contribution in [-0.4, -0.2) is 48.4 Å². The first-order valence-corrected chi connectivity index (χ1v) is 13.7. The molecule has 0 radical (unpaired) electrons. The molecule has 0 aliphatic rings. The number of benzene rings is 2. The molecule has 0 fully saturated rings. The highest BCUT2D eigenvalue weighted by molar-refractivity contribution is 7.89. The van der Waals surface area contributed by atoms with Crippen LogP contribution in [0.3, 0.4) is 0 Å². The Morgan fingerprint density at radius 2 is 1.77 bits per heavy atom. The van der Waals surface area contributed by atoms with Gasteiger partial charge in [0, 0.05) is 36.6 Å². The molecule has 0 atom stereocenters. The van der Waals surface area contributed by atoms with Gasteiger partial charge in [-0.1, -0.05) is 0 Å². The van der Waals surface area contributed by atoms with E-state index in [0.29, 0.717) is 35.9 Å². The highest BCUT2D eigenvalue weighted by Crippen LogP contribution is 2.34. The molecule has 2 N–H and O–H groups in total. The number of hydrogen-bond donors (Lipinski definition) is 2. The van der Waals surface area contributed by atoms with Crippen LogP contribution < -0.4 is 14.8 Å². The molecule has 9 nitrogen and oxygen atoms in total. The van der Waals surface area contributed by atoms with E-state index in [-0.39, 0.29) is 22.7 Å². The number of ether oxygens (including phenoxy) is 1. The lowest BCUT2D eigenvalue weighted by atomic mass is 10.1. The van der Waals surface area contributed by atoms with Crippen molar-refractivity contribution < 1.29 is 21.9 Å². The molecular weight excluding hydrogens is 526 g/mol. The third kappa shape index (κ3) is 6.76. The number of sulfonamides is 1. The van der Waals surface area contributed by atoms with Gasteiger partial charge < -0.3 is 10.1 Å². The van der Waals surface area contributed by atoms with Gasteiger partial charge in [-0.2, -0.15) is 5.10 Å². The Balaban J connectivity index is 1.48. The minimum atomic E-state index is -3.73. The normalized spacial score (nSPS) is 11.9. The van der Waals surface area contributed by atoms with Gasteiger partial charge in [0.1, 0.15) is 11.5 Å². The third-order valence-electron chi connectivity index (χ3n) is 5.81. The van der Waals surface area contributed by atoms with E-state index in [1.165, 1.54) is 25.3 Å². The standard InChI is InChI=1S/C27H30F2N6O3S/c1-27(2,3)35-17-21(25(34-35)18-6-11-22(29)24(16-18)38-4)23-12-15-31-26(33-23)30-13-5-14-32-39(36,37)20-9-7-19(28)8-10-20/h6-12,15-17,32H,5,13-14H2,1-4H3,(H,30,31,33). The first-order chi connectivity index (χ1) is 18.5. The quantitative estimate of drug-likeness (QED) is 0.269. The van der Waals surface area contributed by atoms with Crippen LogP contribution in [0, 0.1) is 11.6 Å². The molecular formula is C27H30F2N6O3S. The third-order valence-corrected chi connectivity index (χ3v) is 7.29. The van der Waals surface area contributed by atoms with Crippen molar-refractivity contribution >= 4 is 16.0 Å². The van der Waals surface area contributed by atoms with Crippen molar-refractivity contribution in [1.82, 2.24) is 24.5 Å². The summed E-state index contributed by atoms with van der Waals surface area (Å²) < 4.78 is 61.3. The fourth-order valence-corrected chi connectivity index (χ4v) is 4.79. The van der Waals surface area contributed by atoms with Gasteiger partial charge in [0.2, 0.25) is 16.0 Å². The van der Waals surface area contributed by atoms with E-state index in [0.717, 1.165) is 17.7 Å². The maximum absolute atomic E-state index is 14.1. The van der Waals surface area contributed by atoms with Crippen molar-refractivity contribution in [2.24, 2.45) is 0 Å². The smallest absolute Gasteiger partial charge is 0.240 e. The van der Waals surface area contributed by atoms with Gasteiger partial charge in [0.05, 0.1) is 23.2 Å². The molecule has 0 aliphatic heterocycles. The molecule has 206 valence electrons. The second-order valence-electron chi connectivity index (χ2n) is 9.75. The van der Waals surface area contributed by atoms with Crippen molar-refractivity contribution in [3.05, 3.63) is 72.6 Å². The Morgan fingerprint density at radius 1 is 1.03 bits per heavy atom. The number of nitrogens with zero attached hydrogens (tertiary/aromatic N) is 4. The summed E-state index contributed by atoms with van der Waals surface area (Å²) in [5.74, 6) is -0.494. The number of nitrogens with one attached hydrogen (secondary N) is 2. The minimum absolute atomic E-state index is 0.00160. The SMILES string of the molecule is COc1cc(-c2nn(C(C)(C)C)cc2-c2ccnc(NCCCNS(=O)(=O)c3ccc(F)cc3)n2)ccc1F. The summed E-state index contributed by atoms with van der Waals surface area (Å²) in [7, 11) is -2.32. The molecule has 0 bridgehead atoms. The van der Waals surface area contributed by atoms with Gasteiger partial charge in [0.15, 0.2) is 11.6 Å². The number of halogens is 2. The van der Waals surface area contributed by atoms with Crippen LogP contribution in [0.4, 0.5) is 14.7 Å². The highest BCUT2D eigenvalue weighted by Gasteiger charge is 2.22. The van der Waals surface area contributed by atoms with Crippen LogP contribution in [-0.2, 0) is 15.6 Å². The van der Waals surface area contributed by atoms with E-state index in [2.05, 4.69) is 20.0 Å². The first-order valence-electron chi connectivity index (χ1n) is 12.2. The zero-order chi connectivity index (χ0) is 28.2. The lowest BCUT2D eigenvalue weighted by molar-refractivity contribution is 0.356. The zero-order valence-electron chi connectivity index (χ0n) is 22.1. The predicted octanol–water partition coefficient (Wildman–Crippen LogP) is 4.83. The van der Waals surface area contributed by atoms with Gasteiger partial charge in [0.25, 0.3) is 0 Å². The summed E-state index contributed by atoms with van der Waals surface area (Å²) in [6, 6.07) is 11.0. The molecule has 2 aromatic heterocycles. The second kappa shape index (κ2) is 11.5. The highest BCUT2D eigenvalue weighted by atomic mass is 32.2. The Hall–Kier alpha value is -3.90. The Kier molecular flexibility index (Phi) is 8.26. The lowest BCUT2D eigenvalue weighted by Gasteiger charge is -2.18. The Morgan fingerprint density at radius 3 is 2.46 bits per heavy atom. The number of hydrogen-bond acceptors (Lipinski definition) is 7. The maximum atomic E-state index is 14.1. The summed E-state index contributed by atoms with van der Waals surface area (Å²) in [6.07, 6.45) is 3.96. The number of anilines is 1. The largest absolute Gasteiger partial charge is 0.494 e. The summed E-state index contributed by atoms with van der Waals surface area (Å²) in [5.41, 5.74) is 2.32. The van der Waals surface area contributed by atoms with Crippen molar-refractivity contribution in [3.63, 3.8) is 0 Å². The molecule has 0 spiro atoms. The van der Waals surface area contributed by atoms with E-state index in [9.17, 15) is 17.2 Å². The van der Waals surface area contributed by atoms with E-state index in [4.69, 9.17) is 9.84 Å². The Labute approximate surface area is 226 Å². The fraction of sp³-hybridized carbons (Fsp3) is 0.296. The second-order valence-corrected chi connectivity index (χ2v) is 11.5. The summed E-state index contributed by atoms with van der Waals surface area (Å²) in [4.78, 5) is 8.90. The molecule has 0 unspecified atom stereocenters. The monoisotopic (exact) mass is 556 g/mol. The molecule has 0 aliphatic carbocycles. The summed E-state index contributed by atoms with van der Waals surface area (Å²) >= 11 is 0. The molecule has 2 aromatic carbocycles. The van der Waals surface area contributed by atoms with Crippen molar-refractivity contribution in [2.75, 3.05) is 25.5 Å².